The molecule has 1 aromatic rings. The lowest BCUT2D eigenvalue weighted by atomic mass is 9.88. The summed E-state index contributed by atoms with van der Waals surface area (Å²) in [5.74, 6) is -0.0584. The molecule has 2 atom stereocenters. The maximum Gasteiger partial charge on any atom is 0.254 e. The first-order valence-corrected chi connectivity index (χ1v) is 6.28. The number of aryl methyl sites for hydroxylation is 2. The van der Waals surface area contributed by atoms with Gasteiger partial charge in [-0.05, 0) is 19.8 Å². The van der Waals surface area contributed by atoms with Gasteiger partial charge in [-0.3, -0.25) is 9.48 Å². The number of carbonyl (C=O) groups is 1. The average Bonchev–Trinajstić information content (AvgIpc) is 2.64. The molecule has 1 heterocycles. The smallest absolute Gasteiger partial charge is 0.254 e. The highest BCUT2D eigenvalue weighted by Gasteiger charge is 2.28. The summed E-state index contributed by atoms with van der Waals surface area (Å²) in [6.07, 6.45) is 2.55. The maximum absolute atomic E-state index is 12.0. The summed E-state index contributed by atoms with van der Waals surface area (Å²) in [5.41, 5.74) is 0.358. The Morgan fingerprint density at radius 3 is 2.72 bits per heavy atom. The van der Waals surface area contributed by atoms with Gasteiger partial charge in [0.05, 0.1) is 16.9 Å². The SMILES string of the molecule is CCC(C)C(C)(O)CNC(=O)c1cn(C)nc1C. The zero-order valence-corrected chi connectivity index (χ0v) is 11.8. The van der Waals surface area contributed by atoms with Crippen molar-refractivity contribution < 1.29 is 9.90 Å². The van der Waals surface area contributed by atoms with Crippen molar-refractivity contribution in [3.05, 3.63) is 17.5 Å². The minimum Gasteiger partial charge on any atom is -0.388 e. The van der Waals surface area contributed by atoms with Gasteiger partial charge < -0.3 is 10.4 Å². The van der Waals surface area contributed by atoms with Crippen LogP contribution in [0.3, 0.4) is 0 Å². The highest BCUT2D eigenvalue weighted by molar-refractivity contribution is 5.95. The molecule has 1 aromatic heterocycles. The van der Waals surface area contributed by atoms with Crippen LogP contribution in [0, 0.1) is 12.8 Å². The molecule has 18 heavy (non-hydrogen) atoms. The number of aliphatic hydroxyl groups is 1. The Morgan fingerprint density at radius 1 is 1.67 bits per heavy atom. The van der Waals surface area contributed by atoms with Crippen LogP contribution in [0.15, 0.2) is 6.20 Å². The molecular weight excluding hydrogens is 230 g/mol. The second kappa shape index (κ2) is 5.52. The van der Waals surface area contributed by atoms with Gasteiger partial charge in [-0.2, -0.15) is 5.10 Å². The van der Waals surface area contributed by atoms with Gasteiger partial charge in [-0.15, -0.1) is 0 Å². The molecule has 0 saturated carbocycles. The Kier molecular flexibility index (Phi) is 4.51. The van der Waals surface area contributed by atoms with Gasteiger partial charge in [0.25, 0.3) is 5.91 Å². The molecule has 102 valence electrons. The maximum atomic E-state index is 12.0. The van der Waals surface area contributed by atoms with Crippen molar-refractivity contribution in [1.82, 2.24) is 15.1 Å². The molecule has 2 N–H and O–H groups in total. The van der Waals surface area contributed by atoms with Gasteiger partial charge in [0.1, 0.15) is 0 Å². The normalized spacial score (nSPS) is 16.1. The van der Waals surface area contributed by atoms with Gasteiger partial charge >= 0.3 is 0 Å². The summed E-state index contributed by atoms with van der Waals surface area (Å²) in [5, 5.41) is 17.1. The Labute approximate surface area is 108 Å². The third kappa shape index (κ3) is 3.32. The monoisotopic (exact) mass is 253 g/mol. The molecule has 0 aliphatic heterocycles. The Hall–Kier alpha value is -1.36. The number of nitrogens with zero attached hydrogens (tertiary/aromatic N) is 2. The van der Waals surface area contributed by atoms with Gasteiger partial charge in [-0.1, -0.05) is 20.3 Å². The fourth-order valence-electron chi connectivity index (χ4n) is 1.79. The van der Waals surface area contributed by atoms with Gasteiger partial charge in [0.15, 0.2) is 0 Å². The second-order valence-electron chi connectivity index (χ2n) is 5.15. The van der Waals surface area contributed by atoms with Crippen LogP contribution < -0.4 is 5.32 Å². The predicted octanol–water partition coefficient (Wildman–Crippen LogP) is 1.26. The van der Waals surface area contributed by atoms with Crippen molar-refractivity contribution in [2.75, 3.05) is 6.54 Å². The molecule has 0 aromatic carbocycles. The zero-order valence-electron chi connectivity index (χ0n) is 11.8. The summed E-state index contributed by atoms with van der Waals surface area (Å²) in [6.45, 7) is 7.78. The number of rotatable bonds is 5. The van der Waals surface area contributed by atoms with Gasteiger partial charge in [-0.25, -0.2) is 0 Å². The highest BCUT2D eigenvalue weighted by atomic mass is 16.3. The lowest BCUT2D eigenvalue weighted by Crippen LogP contribution is -2.45. The molecule has 1 rings (SSSR count). The third-order valence-corrected chi connectivity index (χ3v) is 3.54. The van der Waals surface area contributed by atoms with Crippen LogP contribution in [0.5, 0.6) is 0 Å². The van der Waals surface area contributed by atoms with Gasteiger partial charge in [0.2, 0.25) is 0 Å². The summed E-state index contributed by atoms with van der Waals surface area (Å²) in [6, 6.07) is 0. The van der Waals surface area contributed by atoms with Crippen LogP contribution in [0.25, 0.3) is 0 Å². The molecule has 0 bridgehead atoms. The molecule has 0 spiro atoms. The molecule has 0 fully saturated rings. The van der Waals surface area contributed by atoms with Crippen LogP contribution in [0.4, 0.5) is 0 Å². The molecule has 0 saturated heterocycles. The lowest BCUT2D eigenvalue weighted by molar-refractivity contribution is 0.00592. The van der Waals surface area contributed by atoms with E-state index in [1.165, 1.54) is 0 Å². The van der Waals surface area contributed by atoms with E-state index in [1.54, 1.807) is 31.8 Å². The molecule has 1 amide bonds. The largest absolute Gasteiger partial charge is 0.388 e. The predicted molar refractivity (Wildman–Crippen MR) is 70.4 cm³/mol. The van der Waals surface area contributed by atoms with E-state index in [2.05, 4.69) is 10.4 Å². The van der Waals surface area contributed by atoms with Crippen LogP contribution in [0.1, 0.15) is 43.2 Å². The molecule has 0 radical (unpaired) electrons. The minimum atomic E-state index is -0.888. The first-order chi connectivity index (χ1) is 8.27. The van der Waals surface area contributed by atoms with Crippen molar-refractivity contribution in [3.8, 4) is 0 Å². The second-order valence-corrected chi connectivity index (χ2v) is 5.15. The topological polar surface area (TPSA) is 67.2 Å². The van der Waals surface area contributed by atoms with E-state index in [4.69, 9.17) is 0 Å². The Morgan fingerprint density at radius 2 is 2.28 bits per heavy atom. The lowest BCUT2D eigenvalue weighted by Gasteiger charge is -2.29. The number of amides is 1. The molecule has 2 unspecified atom stereocenters. The van der Waals surface area contributed by atoms with Crippen LogP contribution >= 0.6 is 0 Å². The minimum absolute atomic E-state index is 0.132. The summed E-state index contributed by atoms with van der Waals surface area (Å²) >= 11 is 0. The summed E-state index contributed by atoms with van der Waals surface area (Å²) in [7, 11) is 1.78. The number of nitrogens with one attached hydrogen (secondary N) is 1. The molecule has 5 heteroatoms. The van der Waals surface area contributed by atoms with Crippen molar-refractivity contribution in [3.63, 3.8) is 0 Å². The third-order valence-electron chi connectivity index (χ3n) is 3.54. The van der Waals surface area contributed by atoms with E-state index in [0.717, 1.165) is 6.42 Å². The summed E-state index contributed by atoms with van der Waals surface area (Å²) < 4.78 is 1.61. The number of aromatic nitrogens is 2. The average molecular weight is 253 g/mol. The highest BCUT2D eigenvalue weighted by Crippen LogP contribution is 2.19. The summed E-state index contributed by atoms with van der Waals surface area (Å²) in [4.78, 5) is 12.0. The van der Waals surface area contributed by atoms with E-state index in [0.29, 0.717) is 11.3 Å². The van der Waals surface area contributed by atoms with E-state index < -0.39 is 5.60 Å². The van der Waals surface area contributed by atoms with Crippen molar-refractivity contribution in [2.45, 2.75) is 39.7 Å². The first kappa shape index (κ1) is 14.7. The van der Waals surface area contributed by atoms with Crippen LogP contribution in [-0.4, -0.2) is 32.9 Å². The molecular formula is C13H23N3O2. The molecule has 5 nitrogen and oxygen atoms in total. The first-order valence-electron chi connectivity index (χ1n) is 6.28. The Balaban J connectivity index is 2.64. The number of carbonyl (C=O) groups excluding carboxylic acids is 1. The fraction of sp³-hybridized carbons (Fsp3) is 0.692. The van der Waals surface area contributed by atoms with Crippen molar-refractivity contribution >= 4 is 5.91 Å². The van der Waals surface area contributed by atoms with E-state index in [-0.39, 0.29) is 18.4 Å². The van der Waals surface area contributed by atoms with E-state index >= 15 is 0 Å². The van der Waals surface area contributed by atoms with E-state index in [1.807, 2.05) is 13.8 Å². The van der Waals surface area contributed by atoms with Crippen molar-refractivity contribution in [2.24, 2.45) is 13.0 Å². The number of hydrogen-bond acceptors (Lipinski definition) is 3. The van der Waals surface area contributed by atoms with Crippen LogP contribution in [-0.2, 0) is 7.05 Å². The van der Waals surface area contributed by atoms with E-state index in [9.17, 15) is 9.90 Å². The Bertz CT molecular complexity index is 424. The molecule has 0 aliphatic rings. The van der Waals surface area contributed by atoms with Gasteiger partial charge in [0, 0.05) is 19.8 Å². The van der Waals surface area contributed by atoms with Crippen molar-refractivity contribution in [1.29, 1.82) is 0 Å². The zero-order chi connectivity index (χ0) is 13.9. The quantitative estimate of drug-likeness (QED) is 0.830. The van der Waals surface area contributed by atoms with Crippen LogP contribution in [0.2, 0.25) is 0 Å². The fourth-order valence-corrected chi connectivity index (χ4v) is 1.79. The molecule has 0 aliphatic carbocycles. The number of hydrogen-bond donors (Lipinski definition) is 2. The standard InChI is InChI=1S/C13H23N3O2/c1-6-9(2)13(4,18)8-14-12(17)11-7-16(5)15-10(11)3/h7,9,18H,6,8H2,1-5H3,(H,14,17).